The number of rotatable bonds is 5. The van der Waals surface area contributed by atoms with E-state index in [0.717, 1.165) is 4.47 Å². The molecule has 0 N–H and O–H groups in total. The van der Waals surface area contributed by atoms with Gasteiger partial charge in [-0.2, -0.15) is 0 Å². The van der Waals surface area contributed by atoms with Gasteiger partial charge in [0.05, 0.1) is 0 Å². The van der Waals surface area contributed by atoms with E-state index in [1.807, 2.05) is 12.1 Å². The number of Topliss-reactive ketones (excluding diaryl/α,β-unsaturated/α-hetero) is 2. The zero-order chi connectivity index (χ0) is 21.3. The molecular weight excluding hydrogens is 444 g/mol. The normalized spacial score (nSPS) is 18.8. The molecule has 0 saturated carbocycles. The van der Waals surface area contributed by atoms with Gasteiger partial charge in [0, 0.05) is 33.0 Å². The van der Waals surface area contributed by atoms with Gasteiger partial charge in [0.2, 0.25) is 0 Å². The molecule has 3 atom stereocenters. The van der Waals surface area contributed by atoms with Crippen molar-refractivity contribution in [3.8, 4) is 5.75 Å². The molecule has 5 heteroatoms. The number of carbonyl (C=O) groups is 3. The molecule has 0 aromatic heterocycles. The summed E-state index contributed by atoms with van der Waals surface area (Å²) >= 11 is 3.46. The number of carbonyl (C=O) groups excluding carboxylic acids is 3. The summed E-state index contributed by atoms with van der Waals surface area (Å²) in [4.78, 5) is 39.6. The molecule has 0 fully saturated rings. The second-order valence-corrected chi connectivity index (χ2v) is 8.27. The Morgan fingerprint density at radius 2 is 1.50 bits per heavy atom. The number of ether oxygens (including phenoxy) is 1. The average molecular weight is 463 g/mol. The minimum atomic E-state index is -1.10. The van der Waals surface area contributed by atoms with E-state index in [2.05, 4.69) is 15.9 Å². The van der Waals surface area contributed by atoms with Gasteiger partial charge < -0.3 is 4.74 Å². The summed E-state index contributed by atoms with van der Waals surface area (Å²) in [6.07, 6.45) is 0. The second-order valence-electron chi connectivity index (χ2n) is 7.36. The van der Waals surface area contributed by atoms with Crippen LogP contribution < -0.4 is 4.74 Å². The summed E-state index contributed by atoms with van der Waals surface area (Å²) in [5.41, 5.74) is 1.64. The molecular formula is C25H19BrO4. The fourth-order valence-corrected chi connectivity index (χ4v) is 4.39. The predicted molar refractivity (Wildman–Crippen MR) is 117 cm³/mol. The number of halogens is 1. The molecule has 0 aliphatic carbocycles. The smallest absolute Gasteiger partial charge is 0.322 e. The zero-order valence-corrected chi connectivity index (χ0v) is 17.8. The molecule has 4 rings (SSSR count). The molecule has 0 spiro atoms. The Morgan fingerprint density at radius 1 is 0.900 bits per heavy atom. The Morgan fingerprint density at radius 3 is 2.13 bits per heavy atom. The van der Waals surface area contributed by atoms with Gasteiger partial charge in [-0.05, 0) is 18.2 Å². The average Bonchev–Trinajstić information content (AvgIpc) is 2.78. The predicted octanol–water partition coefficient (Wildman–Crippen LogP) is 5.47. The topological polar surface area (TPSA) is 60.4 Å². The van der Waals surface area contributed by atoms with Crippen molar-refractivity contribution < 1.29 is 19.1 Å². The van der Waals surface area contributed by atoms with Gasteiger partial charge in [-0.3, -0.25) is 14.4 Å². The van der Waals surface area contributed by atoms with Crippen LogP contribution in [0.3, 0.4) is 0 Å². The first-order valence-electron chi connectivity index (χ1n) is 9.67. The molecule has 0 unspecified atom stereocenters. The van der Waals surface area contributed by atoms with Crippen LogP contribution >= 0.6 is 15.9 Å². The lowest BCUT2D eigenvalue weighted by Gasteiger charge is -2.34. The molecule has 3 aromatic carbocycles. The summed E-state index contributed by atoms with van der Waals surface area (Å²) in [6.45, 7) is 1.77. The lowest BCUT2D eigenvalue weighted by molar-refractivity contribution is -0.139. The van der Waals surface area contributed by atoms with Crippen LogP contribution in [0.5, 0.6) is 5.75 Å². The number of ketones is 2. The van der Waals surface area contributed by atoms with Gasteiger partial charge >= 0.3 is 5.97 Å². The van der Waals surface area contributed by atoms with E-state index in [0.29, 0.717) is 22.4 Å². The van der Waals surface area contributed by atoms with Crippen LogP contribution in [0.25, 0.3) is 0 Å². The molecule has 1 aliphatic rings. The third-order valence-electron chi connectivity index (χ3n) is 5.51. The highest BCUT2D eigenvalue weighted by Gasteiger charge is 2.47. The largest absolute Gasteiger partial charge is 0.426 e. The molecule has 30 heavy (non-hydrogen) atoms. The SMILES string of the molecule is C[C@@H](C(=O)c1ccccc1)[C@@H]1c2cc(Br)ccc2OC(=O)[C@@H]1C(=O)c1ccccc1. The monoisotopic (exact) mass is 462 g/mol. The maximum Gasteiger partial charge on any atom is 0.322 e. The van der Waals surface area contributed by atoms with E-state index >= 15 is 0 Å². The van der Waals surface area contributed by atoms with Crippen LogP contribution in [0.1, 0.15) is 39.1 Å². The number of hydrogen-bond donors (Lipinski definition) is 0. The Bertz CT molecular complexity index is 1110. The van der Waals surface area contributed by atoms with Crippen LogP contribution in [0.15, 0.2) is 83.3 Å². The highest BCUT2D eigenvalue weighted by atomic mass is 79.9. The van der Waals surface area contributed by atoms with E-state index in [9.17, 15) is 14.4 Å². The van der Waals surface area contributed by atoms with Crippen LogP contribution in [-0.4, -0.2) is 17.5 Å². The number of hydrogen-bond acceptors (Lipinski definition) is 4. The quantitative estimate of drug-likeness (QED) is 0.218. The van der Waals surface area contributed by atoms with Gasteiger partial charge in [-0.15, -0.1) is 0 Å². The van der Waals surface area contributed by atoms with Crippen molar-refractivity contribution in [2.75, 3.05) is 0 Å². The summed E-state index contributed by atoms with van der Waals surface area (Å²) in [6, 6.07) is 22.9. The molecule has 150 valence electrons. The molecule has 1 heterocycles. The molecule has 0 bridgehead atoms. The number of esters is 1. The van der Waals surface area contributed by atoms with Crippen molar-refractivity contribution in [1.82, 2.24) is 0 Å². The van der Waals surface area contributed by atoms with Gasteiger partial charge in [0.25, 0.3) is 0 Å². The minimum absolute atomic E-state index is 0.118. The van der Waals surface area contributed by atoms with Crippen molar-refractivity contribution in [3.63, 3.8) is 0 Å². The Labute approximate surface area is 183 Å². The van der Waals surface area contributed by atoms with Crippen molar-refractivity contribution in [1.29, 1.82) is 0 Å². The van der Waals surface area contributed by atoms with Crippen molar-refractivity contribution in [2.24, 2.45) is 11.8 Å². The van der Waals surface area contributed by atoms with E-state index in [4.69, 9.17) is 4.74 Å². The number of benzene rings is 3. The first kappa shape index (κ1) is 20.2. The van der Waals surface area contributed by atoms with Gasteiger partial charge in [-0.1, -0.05) is 83.5 Å². The first-order chi connectivity index (χ1) is 14.5. The third-order valence-corrected chi connectivity index (χ3v) is 6.00. The standard InChI is InChI=1S/C25H19BrO4/c1-15(23(27)16-8-4-2-5-9-16)21-19-14-18(26)12-13-20(19)30-25(29)22(21)24(28)17-10-6-3-7-11-17/h2-15,21-22H,1H3/t15-,21-,22+/m1/s1. The van der Waals surface area contributed by atoms with Crippen molar-refractivity contribution in [3.05, 3.63) is 100 Å². The summed E-state index contributed by atoms with van der Waals surface area (Å²) < 4.78 is 6.30. The summed E-state index contributed by atoms with van der Waals surface area (Å²) in [7, 11) is 0. The maximum atomic E-state index is 13.4. The first-order valence-corrected chi connectivity index (χ1v) is 10.5. The van der Waals surface area contributed by atoms with E-state index in [1.165, 1.54) is 0 Å². The van der Waals surface area contributed by atoms with Crippen LogP contribution in [0.4, 0.5) is 0 Å². The lowest BCUT2D eigenvalue weighted by atomic mass is 9.71. The van der Waals surface area contributed by atoms with Crippen LogP contribution in [-0.2, 0) is 4.79 Å². The van der Waals surface area contributed by atoms with Crippen LogP contribution in [0, 0.1) is 11.8 Å². The summed E-state index contributed by atoms with van der Waals surface area (Å²) in [5, 5.41) is 0. The molecule has 0 saturated heterocycles. The summed E-state index contributed by atoms with van der Waals surface area (Å²) in [5.74, 6) is -3.05. The maximum absolute atomic E-state index is 13.4. The Balaban J connectivity index is 1.82. The zero-order valence-electron chi connectivity index (χ0n) is 16.2. The van der Waals surface area contributed by atoms with Crippen LogP contribution in [0.2, 0.25) is 0 Å². The highest BCUT2D eigenvalue weighted by molar-refractivity contribution is 9.10. The van der Waals surface area contributed by atoms with Gasteiger partial charge in [0.1, 0.15) is 11.7 Å². The second kappa shape index (κ2) is 8.36. The molecule has 0 amide bonds. The molecule has 1 aliphatic heterocycles. The fraction of sp³-hybridized carbons (Fsp3) is 0.160. The third kappa shape index (κ3) is 3.73. The van der Waals surface area contributed by atoms with Gasteiger partial charge in [-0.25, -0.2) is 0 Å². The van der Waals surface area contributed by atoms with E-state index in [-0.39, 0.29) is 11.6 Å². The minimum Gasteiger partial charge on any atom is -0.426 e. The van der Waals surface area contributed by atoms with Crippen molar-refractivity contribution >= 4 is 33.5 Å². The fourth-order valence-electron chi connectivity index (χ4n) is 4.01. The highest BCUT2D eigenvalue weighted by Crippen LogP contribution is 2.45. The van der Waals surface area contributed by atoms with E-state index < -0.39 is 23.7 Å². The Kier molecular flexibility index (Phi) is 5.64. The number of fused-ring (bicyclic) bond motifs is 1. The van der Waals surface area contributed by atoms with E-state index in [1.54, 1.807) is 73.7 Å². The Hall–Kier alpha value is -3.05. The molecule has 0 radical (unpaired) electrons. The van der Waals surface area contributed by atoms with Crippen molar-refractivity contribution in [2.45, 2.75) is 12.8 Å². The lowest BCUT2D eigenvalue weighted by Crippen LogP contribution is -2.41. The molecule has 3 aromatic rings. The molecule has 4 nitrogen and oxygen atoms in total. The van der Waals surface area contributed by atoms with Gasteiger partial charge in [0.15, 0.2) is 11.6 Å².